The van der Waals surface area contributed by atoms with Gasteiger partial charge in [-0.15, -0.1) is 0 Å². The second-order valence-corrected chi connectivity index (χ2v) is 6.73. The summed E-state index contributed by atoms with van der Waals surface area (Å²) < 4.78 is 0. The Balaban J connectivity index is 1.48. The van der Waals surface area contributed by atoms with E-state index in [1.54, 1.807) is 0 Å². The number of aromatic amines is 1. The number of aliphatic hydroxyl groups excluding tert-OH is 1. The van der Waals surface area contributed by atoms with Gasteiger partial charge in [-0.3, -0.25) is 5.10 Å². The lowest BCUT2D eigenvalue weighted by Gasteiger charge is -2.34. The van der Waals surface area contributed by atoms with Gasteiger partial charge in [-0.05, 0) is 37.8 Å². The molecule has 0 aromatic carbocycles. The molecule has 0 saturated carbocycles. The highest BCUT2D eigenvalue weighted by molar-refractivity contribution is 5.44. The number of nitrogens with zero attached hydrogens (tertiary/aromatic N) is 5. The first-order chi connectivity index (χ1) is 11.8. The maximum absolute atomic E-state index is 9.68. The summed E-state index contributed by atoms with van der Waals surface area (Å²) in [5.41, 5.74) is 1.20. The number of piperidine rings is 2. The Morgan fingerprint density at radius 2 is 1.92 bits per heavy atom. The van der Waals surface area contributed by atoms with Crippen molar-refractivity contribution >= 4 is 11.8 Å². The minimum Gasteiger partial charge on any atom is -0.393 e. The Morgan fingerprint density at radius 1 is 1.04 bits per heavy atom. The summed E-state index contributed by atoms with van der Waals surface area (Å²) in [6.07, 6.45) is 7.42. The highest BCUT2D eigenvalue weighted by Gasteiger charge is 2.25. The zero-order valence-corrected chi connectivity index (χ0v) is 13.8. The third-order valence-electron chi connectivity index (χ3n) is 5.08. The molecule has 7 heteroatoms. The van der Waals surface area contributed by atoms with Gasteiger partial charge in [-0.25, -0.2) is 4.98 Å². The first-order valence-electron chi connectivity index (χ1n) is 8.80. The predicted octanol–water partition coefficient (Wildman–Crippen LogP) is 1.54. The zero-order chi connectivity index (χ0) is 16.4. The molecule has 0 aliphatic carbocycles. The molecule has 4 heterocycles. The lowest BCUT2D eigenvalue weighted by atomic mass is 9.95. The number of aliphatic hydroxyl groups is 1. The van der Waals surface area contributed by atoms with E-state index in [9.17, 15) is 5.11 Å². The maximum Gasteiger partial charge on any atom is 0.227 e. The van der Waals surface area contributed by atoms with Gasteiger partial charge >= 0.3 is 0 Å². The second-order valence-electron chi connectivity index (χ2n) is 6.73. The molecule has 0 amide bonds. The molecule has 2 aromatic heterocycles. The molecule has 2 saturated heterocycles. The number of rotatable bonds is 3. The summed E-state index contributed by atoms with van der Waals surface area (Å²) in [5, 5.41) is 16.8. The van der Waals surface area contributed by atoms with Crippen LogP contribution >= 0.6 is 0 Å². The van der Waals surface area contributed by atoms with E-state index in [1.807, 2.05) is 18.5 Å². The van der Waals surface area contributed by atoms with Crippen molar-refractivity contribution in [1.29, 1.82) is 0 Å². The van der Waals surface area contributed by atoms with Crippen LogP contribution in [0.15, 0.2) is 24.5 Å². The van der Waals surface area contributed by atoms with Crippen molar-refractivity contribution in [2.45, 2.75) is 37.7 Å². The van der Waals surface area contributed by atoms with E-state index in [0.717, 1.165) is 57.2 Å². The van der Waals surface area contributed by atoms with Gasteiger partial charge in [0.25, 0.3) is 0 Å². The van der Waals surface area contributed by atoms with Crippen LogP contribution < -0.4 is 9.80 Å². The van der Waals surface area contributed by atoms with Gasteiger partial charge in [0.15, 0.2) is 0 Å². The number of aromatic nitrogens is 4. The van der Waals surface area contributed by atoms with Gasteiger partial charge in [0, 0.05) is 50.2 Å². The van der Waals surface area contributed by atoms with Gasteiger partial charge in [-0.2, -0.15) is 10.1 Å². The number of hydrogen-bond donors (Lipinski definition) is 2. The molecule has 2 fully saturated rings. The van der Waals surface area contributed by atoms with E-state index >= 15 is 0 Å². The van der Waals surface area contributed by atoms with E-state index in [-0.39, 0.29) is 6.10 Å². The fourth-order valence-electron chi connectivity index (χ4n) is 3.67. The quantitative estimate of drug-likeness (QED) is 0.890. The van der Waals surface area contributed by atoms with Crippen molar-refractivity contribution in [3.8, 4) is 0 Å². The monoisotopic (exact) mass is 328 g/mol. The normalized spacial score (nSPS) is 22.8. The van der Waals surface area contributed by atoms with Gasteiger partial charge in [-0.1, -0.05) is 0 Å². The van der Waals surface area contributed by atoms with Gasteiger partial charge < -0.3 is 14.9 Å². The molecule has 7 nitrogen and oxygen atoms in total. The second kappa shape index (κ2) is 6.76. The summed E-state index contributed by atoms with van der Waals surface area (Å²) in [7, 11) is 0. The Labute approximate surface area is 141 Å². The van der Waals surface area contributed by atoms with E-state index < -0.39 is 0 Å². The minimum atomic E-state index is -0.167. The maximum atomic E-state index is 9.68. The highest BCUT2D eigenvalue weighted by atomic mass is 16.3. The molecule has 2 N–H and O–H groups in total. The van der Waals surface area contributed by atoms with Crippen LogP contribution in [-0.4, -0.2) is 57.6 Å². The van der Waals surface area contributed by atoms with E-state index in [2.05, 4.69) is 31.0 Å². The Hall–Kier alpha value is -2.15. The van der Waals surface area contributed by atoms with Crippen LogP contribution in [0.4, 0.5) is 11.8 Å². The minimum absolute atomic E-state index is 0.167. The molecule has 2 aliphatic heterocycles. The third-order valence-corrected chi connectivity index (χ3v) is 5.08. The average Bonchev–Trinajstić information content (AvgIpc) is 3.17. The standard InChI is InChI=1S/C17H24N6O/c24-14-5-10-22(11-6-14)16-4-7-18-17(20-16)23-9-1-2-13(12-23)15-3-8-19-21-15/h3-4,7-8,13-14,24H,1-2,5-6,9-12H2,(H,19,21)/t13-/m0/s1. The molecule has 1 atom stereocenters. The van der Waals surface area contributed by atoms with E-state index in [4.69, 9.17) is 4.98 Å². The summed E-state index contributed by atoms with van der Waals surface area (Å²) in [6.45, 7) is 3.62. The highest BCUT2D eigenvalue weighted by Crippen LogP contribution is 2.28. The largest absolute Gasteiger partial charge is 0.393 e. The average molecular weight is 328 g/mol. The van der Waals surface area contributed by atoms with Crippen LogP contribution in [0.1, 0.15) is 37.3 Å². The Kier molecular flexibility index (Phi) is 4.34. The first-order valence-corrected chi connectivity index (χ1v) is 8.80. The predicted molar refractivity (Wildman–Crippen MR) is 92.3 cm³/mol. The number of hydrogen-bond acceptors (Lipinski definition) is 6. The van der Waals surface area contributed by atoms with Crippen LogP contribution in [0.2, 0.25) is 0 Å². The fourth-order valence-corrected chi connectivity index (χ4v) is 3.67. The molecule has 128 valence electrons. The van der Waals surface area contributed by atoms with Crippen molar-refractivity contribution in [3.63, 3.8) is 0 Å². The SMILES string of the molecule is OC1CCN(c2ccnc(N3CCC[C@H](c4ccn[nH]4)C3)n2)CC1. The number of anilines is 2. The Bertz CT molecular complexity index is 653. The molecule has 2 aromatic rings. The third kappa shape index (κ3) is 3.21. The van der Waals surface area contributed by atoms with Crippen LogP contribution in [0, 0.1) is 0 Å². The van der Waals surface area contributed by atoms with Gasteiger partial charge in [0.1, 0.15) is 5.82 Å². The fraction of sp³-hybridized carbons (Fsp3) is 0.588. The van der Waals surface area contributed by atoms with Crippen LogP contribution in [0.25, 0.3) is 0 Å². The summed E-state index contributed by atoms with van der Waals surface area (Å²) in [5.74, 6) is 2.23. The molecular weight excluding hydrogens is 304 g/mol. The molecule has 0 spiro atoms. The topological polar surface area (TPSA) is 81.2 Å². The van der Waals surface area contributed by atoms with Crippen LogP contribution in [-0.2, 0) is 0 Å². The first kappa shape index (κ1) is 15.4. The van der Waals surface area contributed by atoms with Gasteiger partial charge in [0.05, 0.1) is 6.10 Å². The molecule has 0 bridgehead atoms. The van der Waals surface area contributed by atoms with E-state index in [0.29, 0.717) is 5.92 Å². The van der Waals surface area contributed by atoms with E-state index in [1.165, 1.54) is 12.1 Å². The van der Waals surface area contributed by atoms with Gasteiger partial charge in [0.2, 0.25) is 5.95 Å². The smallest absolute Gasteiger partial charge is 0.227 e. The summed E-state index contributed by atoms with van der Waals surface area (Å²) in [4.78, 5) is 13.8. The van der Waals surface area contributed by atoms with Crippen LogP contribution in [0.5, 0.6) is 0 Å². The number of H-pyrrole nitrogens is 1. The zero-order valence-electron chi connectivity index (χ0n) is 13.8. The molecule has 4 rings (SSSR count). The lowest BCUT2D eigenvalue weighted by molar-refractivity contribution is 0.145. The van der Waals surface area contributed by atoms with Crippen molar-refractivity contribution in [3.05, 3.63) is 30.2 Å². The molecule has 0 unspecified atom stereocenters. The summed E-state index contributed by atoms with van der Waals surface area (Å²) >= 11 is 0. The van der Waals surface area contributed by atoms with Crippen LogP contribution in [0.3, 0.4) is 0 Å². The summed E-state index contributed by atoms with van der Waals surface area (Å²) in [6, 6.07) is 4.03. The molecule has 24 heavy (non-hydrogen) atoms. The van der Waals surface area contributed by atoms with Crippen molar-refractivity contribution in [1.82, 2.24) is 20.2 Å². The van der Waals surface area contributed by atoms with Crippen molar-refractivity contribution in [2.24, 2.45) is 0 Å². The van der Waals surface area contributed by atoms with Crippen molar-refractivity contribution in [2.75, 3.05) is 36.0 Å². The molecular formula is C17H24N6O. The van der Waals surface area contributed by atoms with Crippen molar-refractivity contribution < 1.29 is 5.11 Å². The molecule has 0 radical (unpaired) electrons. The molecule has 2 aliphatic rings. The number of nitrogens with one attached hydrogen (secondary N) is 1. The Morgan fingerprint density at radius 3 is 2.71 bits per heavy atom. The lowest BCUT2D eigenvalue weighted by Crippen LogP contribution is -2.38.